The van der Waals surface area contributed by atoms with Crippen molar-refractivity contribution in [1.82, 2.24) is 9.88 Å². The van der Waals surface area contributed by atoms with E-state index >= 15 is 0 Å². The standard InChI is InChI=1S/C16H29N3S/c1-16(2,3)13-5-6-15(17)12(7-13)8-19(4)9-14-10-20-11-18-14/h10-13,15H,5-9,17H2,1-4H3. The lowest BCUT2D eigenvalue weighted by Gasteiger charge is -2.41. The Hall–Kier alpha value is -0.450. The molecule has 0 amide bonds. The predicted octanol–water partition coefficient (Wildman–Crippen LogP) is 3.36. The van der Waals surface area contributed by atoms with Gasteiger partial charge in [-0.2, -0.15) is 0 Å². The summed E-state index contributed by atoms with van der Waals surface area (Å²) < 4.78 is 0. The predicted molar refractivity (Wildman–Crippen MR) is 86.7 cm³/mol. The third-order valence-electron chi connectivity index (χ3n) is 4.73. The molecule has 0 aromatic carbocycles. The SMILES string of the molecule is CN(Cc1cscn1)CC1CC(C(C)(C)C)CCC1N. The Balaban J connectivity index is 1.89. The fourth-order valence-electron chi connectivity index (χ4n) is 3.34. The fourth-order valence-corrected chi connectivity index (χ4v) is 3.89. The van der Waals surface area contributed by atoms with Gasteiger partial charge in [0.25, 0.3) is 0 Å². The van der Waals surface area contributed by atoms with E-state index in [4.69, 9.17) is 5.73 Å². The van der Waals surface area contributed by atoms with Gasteiger partial charge in [0.2, 0.25) is 0 Å². The highest BCUT2D eigenvalue weighted by atomic mass is 32.1. The van der Waals surface area contributed by atoms with E-state index in [0.29, 0.717) is 17.4 Å². The van der Waals surface area contributed by atoms with Crippen molar-refractivity contribution >= 4 is 11.3 Å². The molecule has 1 aliphatic carbocycles. The number of nitrogens with zero attached hydrogens (tertiary/aromatic N) is 2. The van der Waals surface area contributed by atoms with Crippen molar-refractivity contribution in [2.45, 2.75) is 52.6 Å². The average molecular weight is 295 g/mol. The Morgan fingerprint density at radius 3 is 2.75 bits per heavy atom. The topological polar surface area (TPSA) is 42.2 Å². The summed E-state index contributed by atoms with van der Waals surface area (Å²) in [6.07, 6.45) is 3.74. The second-order valence-electron chi connectivity index (χ2n) is 7.48. The summed E-state index contributed by atoms with van der Waals surface area (Å²) in [5, 5.41) is 2.13. The zero-order chi connectivity index (χ0) is 14.8. The number of hydrogen-bond donors (Lipinski definition) is 1. The van der Waals surface area contributed by atoms with Crippen molar-refractivity contribution in [2.24, 2.45) is 23.0 Å². The van der Waals surface area contributed by atoms with Crippen molar-refractivity contribution < 1.29 is 0 Å². The van der Waals surface area contributed by atoms with E-state index in [9.17, 15) is 0 Å². The summed E-state index contributed by atoms with van der Waals surface area (Å²) >= 11 is 1.67. The van der Waals surface area contributed by atoms with Crippen LogP contribution in [0.3, 0.4) is 0 Å². The highest BCUT2D eigenvalue weighted by Gasteiger charge is 2.34. The normalized spacial score (nSPS) is 28.0. The highest BCUT2D eigenvalue weighted by Crippen LogP contribution is 2.40. The highest BCUT2D eigenvalue weighted by molar-refractivity contribution is 7.07. The molecule has 3 nitrogen and oxygen atoms in total. The zero-order valence-electron chi connectivity index (χ0n) is 13.3. The van der Waals surface area contributed by atoms with Gasteiger partial charge in [-0.05, 0) is 43.6 Å². The molecule has 114 valence electrons. The van der Waals surface area contributed by atoms with Crippen LogP contribution in [-0.2, 0) is 6.54 Å². The molecule has 1 heterocycles. The fraction of sp³-hybridized carbons (Fsp3) is 0.812. The average Bonchev–Trinajstić information content (AvgIpc) is 2.83. The molecule has 4 heteroatoms. The van der Waals surface area contributed by atoms with Crippen molar-refractivity contribution in [3.05, 3.63) is 16.6 Å². The lowest BCUT2D eigenvalue weighted by Crippen LogP contribution is -2.44. The van der Waals surface area contributed by atoms with Crippen molar-refractivity contribution in [1.29, 1.82) is 0 Å². The van der Waals surface area contributed by atoms with E-state index < -0.39 is 0 Å². The summed E-state index contributed by atoms with van der Waals surface area (Å²) in [4.78, 5) is 6.75. The maximum atomic E-state index is 6.37. The molecular formula is C16H29N3S. The minimum absolute atomic E-state index is 0.367. The van der Waals surface area contributed by atoms with Crippen LogP contribution < -0.4 is 5.73 Å². The molecule has 0 radical (unpaired) electrons. The molecule has 20 heavy (non-hydrogen) atoms. The summed E-state index contributed by atoms with van der Waals surface area (Å²) in [6.45, 7) is 9.12. The van der Waals surface area contributed by atoms with Gasteiger partial charge in [-0.3, -0.25) is 0 Å². The number of nitrogens with two attached hydrogens (primary N) is 1. The maximum absolute atomic E-state index is 6.37. The minimum Gasteiger partial charge on any atom is -0.327 e. The Morgan fingerprint density at radius 2 is 2.15 bits per heavy atom. The molecule has 0 aliphatic heterocycles. The first-order chi connectivity index (χ1) is 9.36. The molecule has 1 aromatic heterocycles. The zero-order valence-corrected chi connectivity index (χ0v) is 14.1. The Morgan fingerprint density at radius 1 is 1.40 bits per heavy atom. The molecule has 3 atom stereocenters. The summed E-state index contributed by atoms with van der Waals surface area (Å²) in [5.41, 5.74) is 9.86. The Labute approximate surface area is 127 Å². The molecule has 0 bridgehead atoms. The van der Waals surface area contributed by atoms with E-state index in [0.717, 1.165) is 19.0 Å². The van der Waals surface area contributed by atoms with Gasteiger partial charge >= 0.3 is 0 Å². The van der Waals surface area contributed by atoms with Crippen LogP contribution >= 0.6 is 11.3 Å². The third kappa shape index (κ3) is 4.27. The Kier molecular flexibility index (Phi) is 5.21. The second kappa shape index (κ2) is 6.54. The molecule has 1 aromatic rings. The largest absolute Gasteiger partial charge is 0.327 e. The van der Waals surface area contributed by atoms with E-state index in [1.54, 1.807) is 11.3 Å². The lowest BCUT2D eigenvalue weighted by molar-refractivity contribution is 0.104. The lowest BCUT2D eigenvalue weighted by atomic mass is 9.67. The number of aromatic nitrogens is 1. The first kappa shape index (κ1) is 15.9. The summed E-state index contributed by atoms with van der Waals surface area (Å²) in [5.74, 6) is 1.43. The Bertz CT molecular complexity index is 396. The molecule has 0 saturated heterocycles. The van der Waals surface area contributed by atoms with Gasteiger partial charge in [-0.25, -0.2) is 4.98 Å². The summed E-state index contributed by atoms with van der Waals surface area (Å²) in [6, 6.07) is 0.367. The van der Waals surface area contributed by atoms with Gasteiger partial charge in [0.15, 0.2) is 0 Å². The van der Waals surface area contributed by atoms with E-state index in [1.807, 2.05) is 5.51 Å². The molecule has 0 spiro atoms. The van der Waals surface area contributed by atoms with E-state index in [1.165, 1.54) is 25.0 Å². The van der Waals surface area contributed by atoms with Crippen LogP contribution in [0.5, 0.6) is 0 Å². The smallest absolute Gasteiger partial charge is 0.0795 e. The molecule has 2 N–H and O–H groups in total. The maximum Gasteiger partial charge on any atom is 0.0795 e. The first-order valence-corrected chi connectivity index (χ1v) is 8.61. The van der Waals surface area contributed by atoms with Crippen LogP contribution in [0.15, 0.2) is 10.9 Å². The molecule has 1 aliphatic rings. The van der Waals surface area contributed by atoms with Gasteiger partial charge in [0.05, 0.1) is 11.2 Å². The van der Waals surface area contributed by atoms with Gasteiger partial charge in [0, 0.05) is 24.5 Å². The molecule has 1 fully saturated rings. The monoisotopic (exact) mass is 295 g/mol. The van der Waals surface area contributed by atoms with Crippen LogP contribution in [-0.4, -0.2) is 29.5 Å². The molecule has 2 rings (SSSR count). The van der Waals surface area contributed by atoms with Gasteiger partial charge in [-0.1, -0.05) is 20.8 Å². The summed E-state index contributed by atoms with van der Waals surface area (Å²) in [7, 11) is 2.19. The van der Waals surface area contributed by atoms with Gasteiger partial charge in [0.1, 0.15) is 0 Å². The van der Waals surface area contributed by atoms with Crippen molar-refractivity contribution in [3.63, 3.8) is 0 Å². The molecular weight excluding hydrogens is 266 g/mol. The van der Waals surface area contributed by atoms with Gasteiger partial charge < -0.3 is 10.6 Å². The van der Waals surface area contributed by atoms with Crippen LogP contribution in [0.2, 0.25) is 0 Å². The third-order valence-corrected chi connectivity index (χ3v) is 5.36. The quantitative estimate of drug-likeness (QED) is 0.926. The second-order valence-corrected chi connectivity index (χ2v) is 8.20. The molecule has 3 unspecified atom stereocenters. The van der Waals surface area contributed by atoms with E-state index in [2.05, 4.69) is 43.1 Å². The van der Waals surface area contributed by atoms with Crippen LogP contribution in [0, 0.1) is 17.3 Å². The van der Waals surface area contributed by atoms with Crippen LogP contribution in [0.25, 0.3) is 0 Å². The van der Waals surface area contributed by atoms with Gasteiger partial charge in [-0.15, -0.1) is 11.3 Å². The van der Waals surface area contributed by atoms with Crippen LogP contribution in [0.1, 0.15) is 45.7 Å². The van der Waals surface area contributed by atoms with Crippen molar-refractivity contribution in [2.75, 3.05) is 13.6 Å². The van der Waals surface area contributed by atoms with E-state index in [-0.39, 0.29) is 0 Å². The number of hydrogen-bond acceptors (Lipinski definition) is 4. The number of rotatable bonds is 4. The first-order valence-electron chi connectivity index (χ1n) is 7.67. The molecule has 1 saturated carbocycles. The number of thiazole rings is 1. The van der Waals surface area contributed by atoms with Crippen molar-refractivity contribution in [3.8, 4) is 0 Å². The minimum atomic E-state index is 0.367. The van der Waals surface area contributed by atoms with Crippen LogP contribution in [0.4, 0.5) is 0 Å².